The van der Waals surface area contributed by atoms with Gasteiger partial charge in [-0.1, -0.05) is 42.5 Å². The third kappa shape index (κ3) is 6.14. The Morgan fingerprint density at radius 1 is 1.04 bits per heavy atom. The van der Waals surface area contributed by atoms with E-state index in [1.165, 1.54) is 0 Å². The van der Waals surface area contributed by atoms with E-state index in [0.29, 0.717) is 5.69 Å². The Labute approximate surface area is 157 Å². The average Bonchev–Trinajstić information content (AvgIpc) is 2.63. The molecule has 4 N–H and O–H groups in total. The molecule has 142 valence electrons. The fraction of sp³-hybridized carbons (Fsp3) is 0.250. The summed E-state index contributed by atoms with van der Waals surface area (Å²) in [4.78, 5) is 35.5. The van der Waals surface area contributed by atoms with Crippen molar-refractivity contribution in [3.8, 4) is 0 Å². The van der Waals surface area contributed by atoms with Crippen molar-refractivity contribution in [2.45, 2.75) is 26.3 Å². The minimum absolute atomic E-state index is 0.210. The SMILES string of the molecule is Cc1cccc(NC(=O)COC(=O)[C@H](Cc2ccccc2)NC(N)=O)c1C. The Kier molecular flexibility index (Phi) is 6.93. The summed E-state index contributed by atoms with van der Waals surface area (Å²) in [6.45, 7) is 3.37. The number of benzene rings is 2. The monoisotopic (exact) mass is 369 g/mol. The van der Waals surface area contributed by atoms with Crippen molar-refractivity contribution in [2.75, 3.05) is 11.9 Å². The number of carbonyl (C=O) groups is 3. The molecule has 0 saturated heterocycles. The Hall–Kier alpha value is -3.35. The predicted octanol–water partition coefficient (Wildman–Crippen LogP) is 2.06. The smallest absolute Gasteiger partial charge is 0.329 e. The first-order valence-electron chi connectivity index (χ1n) is 8.49. The number of ether oxygens (including phenoxy) is 1. The van der Waals surface area contributed by atoms with Gasteiger partial charge < -0.3 is 21.1 Å². The lowest BCUT2D eigenvalue weighted by molar-refractivity contribution is -0.149. The maximum atomic E-state index is 12.3. The van der Waals surface area contributed by atoms with E-state index in [-0.39, 0.29) is 6.42 Å². The lowest BCUT2D eigenvalue weighted by Gasteiger charge is -2.17. The number of nitrogens with one attached hydrogen (secondary N) is 2. The van der Waals surface area contributed by atoms with Gasteiger partial charge in [0.2, 0.25) is 0 Å². The van der Waals surface area contributed by atoms with Gasteiger partial charge in [-0.15, -0.1) is 0 Å². The second-order valence-electron chi connectivity index (χ2n) is 6.15. The van der Waals surface area contributed by atoms with E-state index < -0.39 is 30.6 Å². The molecule has 2 aromatic carbocycles. The highest BCUT2D eigenvalue weighted by atomic mass is 16.5. The topological polar surface area (TPSA) is 111 Å². The molecule has 0 fully saturated rings. The zero-order chi connectivity index (χ0) is 19.8. The number of rotatable bonds is 7. The molecule has 1 atom stereocenters. The Morgan fingerprint density at radius 3 is 2.41 bits per heavy atom. The van der Waals surface area contributed by atoms with Crippen LogP contribution in [0.3, 0.4) is 0 Å². The third-order valence-electron chi connectivity index (χ3n) is 4.11. The van der Waals surface area contributed by atoms with Crippen molar-refractivity contribution in [1.82, 2.24) is 5.32 Å². The van der Waals surface area contributed by atoms with Gasteiger partial charge in [-0.05, 0) is 36.6 Å². The Morgan fingerprint density at radius 2 is 1.74 bits per heavy atom. The normalized spacial score (nSPS) is 11.3. The van der Waals surface area contributed by atoms with Crippen LogP contribution in [0.15, 0.2) is 48.5 Å². The molecule has 2 aromatic rings. The summed E-state index contributed by atoms with van der Waals surface area (Å²) in [5.74, 6) is -1.19. The first-order chi connectivity index (χ1) is 12.9. The minimum Gasteiger partial charge on any atom is -0.454 e. The van der Waals surface area contributed by atoms with Gasteiger partial charge in [0, 0.05) is 12.1 Å². The van der Waals surface area contributed by atoms with Gasteiger partial charge in [-0.3, -0.25) is 4.79 Å². The summed E-state index contributed by atoms with van der Waals surface area (Å²) < 4.78 is 5.06. The number of amides is 3. The molecule has 0 heterocycles. The van der Waals surface area contributed by atoms with Crippen molar-refractivity contribution < 1.29 is 19.1 Å². The van der Waals surface area contributed by atoms with E-state index in [2.05, 4.69) is 10.6 Å². The van der Waals surface area contributed by atoms with Crippen LogP contribution < -0.4 is 16.4 Å². The highest BCUT2D eigenvalue weighted by Gasteiger charge is 2.23. The lowest BCUT2D eigenvalue weighted by atomic mass is 10.1. The number of nitrogens with two attached hydrogens (primary N) is 1. The molecule has 7 nitrogen and oxygen atoms in total. The number of aryl methyl sites for hydroxylation is 1. The first kappa shape index (κ1) is 20.0. The standard InChI is InChI=1S/C20H23N3O4/c1-13-7-6-10-16(14(13)2)22-18(24)12-27-19(25)17(23-20(21)26)11-15-8-4-3-5-9-15/h3-10,17H,11-12H2,1-2H3,(H,22,24)(H3,21,23,26)/t17-/m0/s1. The molecule has 0 aliphatic carbocycles. The van der Waals surface area contributed by atoms with E-state index in [1.807, 2.05) is 56.3 Å². The van der Waals surface area contributed by atoms with Crippen molar-refractivity contribution in [1.29, 1.82) is 0 Å². The molecule has 0 unspecified atom stereocenters. The van der Waals surface area contributed by atoms with Gasteiger partial charge in [0.1, 0.15) is 6.04 Å². The highest BCUT2D eigenvalue weighted by molar-refractivity contribution is 5.94. The average molecular weight is 369 g/mol. The van der Waals surface area contributed by atoms with E-state index in [1.54, 1.807) is 6.07 Å². The second-order valence-corrected chi connectivity index (χ2v) is 6.15. The molecule has 0 saturated carbocycles. The third-order valence-corrected chi connectivity index (χ3v) is 4.11. The van der Waals surface area contributed by atoms with Crippen LogP contribution in [0.4, 0.5) is 10.5 Å². The van der Waals surface area contributed by atoms with Crippen LogP contribution in [0.1, 0.15) is 16.7 Å². The van der Waals surface area contributed by atoms with Gasteiger partial charge in [0.25, 0.3) is 5.91 Å². The van der Waals surface area contributed by atoms with Crippen molar-refractivity contribution in [3.63, 3.8) is 0 Å². The van der Waals surface area contributed by atoms with Crippen molar-refractivity contribution in [3.05, 3.63) is 65.2 Å². The van der Waals surface area contributed by atoms with E-state index >= 15 is 0 Å². The molecular weight excluding hydrogens is 346 g/mol. The maximum Gasteiger partial charge on any atom is 0.329 e. The summed E-state index contributed by atoms with van der Waals surface area (Å²) in [6.07, 6.45) is 0.210. The number of urea groups is 1. The van der Waals surface area contributed by atoms with E-state index in [0.717, 1.165) is 16.7 Å². The quantitative estimate of drug-likeness (QED) is 0.649. The molecule has 0 aliphatic rings. The molecule has 7 heteroatoms. The summed E-state index contributed by atoms with van der Waals surface area (Å²) in [7, 11) is 0. The van der Waals surface area contributed by atoms with Crippen LogP contribution in [-0.2, 0) is 20.7 Å². The molecule has 2 rings (SSSR count). The van der Waals surface area contributed by atoms with Gasteiger partial charge in [-0.2, -0.15) is 0 Å². The molecule has 0 aromatic heterocycles. The van der Waals surface area contributed by atoms with Gasteiger partial charge >= 0.3 is 12.0 Å². The predicted molar refractivity (Wildman–Crippen MR) is 102 cm³/mol. The number of hydrogen-bond donors (Lipinski definition) is 3. The number of esters is 1. The zero-order valence-corrected chi connectivity index (χ0v) is 15.3. The highest BCUT2D eigenvalue weighted by Crippen LogP contribution is 2.17. The number of anilines is 1. The minimum atomic E-state index is -0.974. The molecule has 3 amide bonds. The summed E-state index contributed by atoms with van der Waals surface area (Å²) in [5.41, 5.74) is 8.60. The van der Waals surface area contributed by atoms with Crippen molar-refractivity contribution in [2.24, 2.45) is 5.73 Å². The molecule has 0 radical (unpaired) electrons. The van der Waals surface area contributed by atoms with Crippen LogP contribution in [-0.4, -0.2) is 30.6 Å². The summed E-state index contributed by atoms with van der Waals surface area (Å²) in [5, 5.41) is 5.06. The van der Waals surface area contributed by atoms with Crippen LogP contribution in [0.2, 0.25) is 0 Å². The Bertz CT molecular complexity index is 821. The van der Waals surface area contributed by atoms with Crippen LogP contribution in [0, 0.1) is 13.8 Å². The van der Waals surface area contributed by atoms with E-state index in [4.69, 9.17) is 10.5 Å². The van der Waals surface area contributed by atoms with Gasteiger partial charge in [0.05, 0.1) is 0 Å². The fourth-order valence-electron chi connectivity index (χ4n) is 2.52. The maximum absolute atomic E-state index is 12.3. The molecule has 0 aliphatic heterocycles. The molecule has 0 bridgehead atoms. The summed E-state index contributed by atoms with van der Waals surface area (Å²) in [6, 6.07) is 12.8. The number of carbonyl (C=O) groups excluding carboxylic acids is 3. The molecular formula is C20H23N3O4. The van der Waals surface area contributed by atoms with Crippen LogP contribution in [0.25, 0.3) is 0 Å². The molecule has 27 heavy (non-hydrogen) atoms. The largest absolute Gasteiger partial charge is 0.454 e. The fourth-order valence-corrected chi connectivity index (χ4v) is 2.52. The van der Waals surface area contributed by atoms with Gasteiger partial charge in [0.15, 0.2) is 6.61 Å². The van der Waals surface area contributed by atoms with Crippen LogP contribution >= 0.6 is 0 Å². The van der Waals surface area contributed by atoms with E-state index in [9.17, 15) is 14.4 Å². The number of hydrogen-bond acceptors (Lipinski definition) is 4. The Balaban J connectivity index is 1.94. The van der Waals surface area contributed by atoms with Crippen LogP contribution in [0.5, 0.6) is 0 Å². The zero-order valence-electron chi connectivity index (χ0n) is 15.3. The second kappa shape index (κ2) is 9.38. The van der Waals surface area contributed by atoms with Gasteiger partial charge in [-0.25, -0.2) is 9.59 Å². The first-order valence-corrected chi connectivity index (χ1v) is 8.49. The lowest BCUT2D eigenvalue weighted by Crippen LogP contribution is -2.46. The summed E-state index contributed by atoms with van der Waals surface area (Å²) >= 11 is 0. The molecule has 0 spiro atoms. The van der Waals surface area contributed by atoms with Crippen molar-refractivity contribution >= 4 is 23.6 Å². The number of primary amides is 1.